The number of benzene rings is 2. The molecule has 1 aliphatic rings. The minimum atomic E-state index is -0.195. The van der Waals surface area contributed by atoms with E-state index >= 15 is 0 Å². The van der Waals surface area contributed by atoms with Crippen LogP contribution in [0.2, 0.25) is 5.02 Å². The Morgan fingerprint density at radius 1 is 1.09 bits per heavy atom. The van der Waals surface area contributed by atoms with Gasteiger partial charge in [-0.3, -0.25) is 4.79 Å². The van der Waals surface area contributed by atoms with E-state index in [1.165, 1.54) is 0 Å². The number of H-pyrrole nitrogens is 2. The number of aromatic nitrogens is 4. The molecule has 1 atom stereocenters. The third kappa shape index (κ3) is 3.55. The fourth-order valence-corrected chi connectivity index (χ4v) is 4.60. The molecule has 0 amide bonds. The average Bonchev–Trinajstić information content (AvgIpc) is 3.58. The highest BCUT2D eigenvalue weighted by Gasteiger charge is 2.24. The number of nitrogens with one attached hydrogen (secondary N) is 3. The van der Waals surface area contributed by atoms with E-state index in [-0.39, 0.29) is 5.78 Å². The van der Waals surface area contributed by atoms with Crippen molar-refractivity contribution >= 4 is 39.5 Å². The topological polar surface area (TPSA) is 95.7 Å². The van der Waals surface area contributed by atoms with Crippen LogP contribution < -0.4 is 10.1 Å². The molecule has 3 N–H and O–H groups in total. The molecule has 1 aliphatic heterocycles. The van der Waals surface area contributed by atoms with E-state index in [4.69, 9.17) is 21.3 Å². The minimum Gasteiger partial charge on any atom is -0.457 e. The Kier molecular flexibility index (Phi) is 4.86. The maximum atomic E-state index is 13.5. The van der Waals surface area contributed by atoms with Gasteiger partial charge in [-0.05, 0) is 37.2 Å². The van der Waals surface area contributed by atoms with E-state index in [2.05, 4.69) is 20.3 Å². The summed E-state index contributed by atoms with van der Waals surface area (Å²) in [5.41, 5.74) is 3.06. The molecule has 33 heavy (non-hydrogen) atoms. The Morgan fingerprint density at radius 2 is 1.97 bits per heavy atom. The zero-order chi connectivity index (χ0) is 22.4. The average molecular weight is 458 g/mol. The predicted octanol–water partition coefficient (Wildman–Crippen LogP) is 5.19. The van der Waals surface area contributed by atoms with Crippen molar-refractivity contribution < 1.29 is 9.53 Å². The summed E-state index contributed by atoms with van der Waals surface area (Å²) in [5.74, 6) is 2.32. The number of imidazole rings is 1. The monoisotopic (exact) mass is 457 g/mol. The van der Waals surface area contributed by atoms with Gasteiger partial charge in [0.2, 0.25) is 0 Å². The molecule has 0 spiro atoms. The highest BCUT2D eigenvalue weighted by molar-refractivity contribution is 6.36. The molecule has 164 valence electrons. The Labute approximate surface area is 194 Å². The molecule has 7 nitrogen and oxygen atoms in total. The number of carbonyl (C=O) groups is 1. The molecule has 1 fully saturated rings. The molecular weight excluding hydrogens is 438 g/mol. The van der Waals surface area contributed by atoms with Gasteiger partial charge < -0.3 is 20.0 Å². The van der Waals surface area contributed by atoms with Crippen LogP contribution in [0.15, 0.2) is 60.9 Å². The molecule has 8 heteroatoms. The van der Waals surface area contributed by atoms with Crippen LogP contribution in [0.4, 0.5) is 0 Å². The molecule has 6 rings (SSSR count). The Hall–Kier alpha value is -3.68. The first-order valence-corrected chi connectivity index (χ1v) is 11.2. The van der Waals surface area contributed by atoms with Crippen molar-refractivity contribution in [2.45, 2.75) is 12.3 Å². The van der Waals surface area contributed by atoms with Crippen molar-refractivity contribution in [3.63, 3.8) is 0 Å². The number of carbonyl (C=O) groups excluding carboxylic acids is 1. The maximum absolute atomic E-state index is 13.5. The van der Waals surface area contributed by atoms with Crippen molar-refractivity contribution in [1.82, 2.24) is 25.3 Å². The summed E-state index contributed by atoms with van der Waals surface area (Å²) >= 11 is 6.51. The fraction of sp³-hybridized carbons (Fsp3) is 0.160. The number of para-hydroxylation sites is 1. The molecule has 1 saturated heterocycles. The van der Waals surface area contributed by atoms with Gasteiger partial charge in [-0.2, -0.15) is 0 Å². The van der Waals surface area contributed by atoms with E-state index in [1.54, 1.807) is 30.6 Å². The zero-order valence-corrected chi connectivity index (χ0v) is 18.3. The normalized spacial score (nSPS) is 16.0. The highest BCUT2D eigenvalue weighted by atomic mass is 35.5. The molecule has 0 aliphatic carbocycles. The van der Waals surface area contributed by atoms with Crippen molar-refractivity contribution in [3.8, 4) is 11.5 Å². The van der Waals surface area contributed by atoms with Crippen LogP contribution in [0.1, 0.15) is 34.1 Å². The smallest absolute Gasteiger partial charge is 0.196 e. The molecular formula is C25H20ClN5O2. The zero-order valence-electron chi connectivity index (χ0n) is 17.6. The van der Waals surface area contributed by atoms with Crippen LogP contribution in [0, 0.1) is 0 Å². The minimum absolute atomic E-state index is 0.195. The number of aromatic amines is 2. The van der Waals surface area contributed by atoms with Crippen LogP contribution >= 0.6 is 11.6 Å². The summed E-state index contributed by atoms with van der Waals surface area (Å²) in [6.45, 7) is 1.87. The summed E-state index contributed by atoms with van der Waals surface area (Å²) in [4.78, 5) is 29.3. The van der Waals surface area contributed by atoms with Gasteiger partial charge in [0.15, 0.2) is 5.78 Å². The number of pyridine rings is 1. The molecule has 5 aromatic rings. The first-order valence-electron chi connectivity index (χ1n) is 10.8. The van der Waals surface area contributed by atoms with E-state index in [9.17, 15) is 4.79 Å². The van der Waals surface area contributed by atoms with Crippen LogP contribution in [0.5, 0.6) is 11.5 Å². The van der Waals surface area contributed by atoms with E-state index in [0.717, 1.165) is 36.4 Å². The fourth-order valence-electron chi connectivity index (χ4n) is 4.35. The molecule has 0 saturated carbocycles. The number of rotatable bonds is 5. The van der Waals surface area contributed by atoms with Gasteiger partial charge in [-0.1, -0.05) is 29.8 Å². The molecule has 4 heterocycles. The van der Waals surface area contributed by atoms with Gasteiger partial charge in [0.1, 0.15) is 28.5 Å². The van der Waals surface area contributed by atoms with Crippen LogP contribution in [0.25, 0.3) is 22.1 Å². The van der Waals surface area contributed by atoms with Crippen molar-refractivity contribution in [2.24, 2.45) is 0 Å². The summed E-state index contributed by atoms with van der Waals surface area (Å²) < 4.78 is 5.83. The van der Waals surface area contributed by atoms with Gasteiger partial charge in [-0.15, -0.1) is 0 Å². The lowest BCUT2D eigenvalue weighted by Gasteiger charge is -2.08. The molecule has 0 radical (unpaired) electrons. The number of ether oxygens (including phenoxy) is 1. The summed E-state index contributed by atoms with van der Waals surface area (Å²) in [6, 6.07) is 14.5. The number of ketones is 1. The lowest BCUT2D eigenvalue weighted by atomic mass is 10.0. The third-order valence-corrected chi connectivity index (χ3v) is 6.34. The number of fused-ring (bicyclic) bond motifs is 3. The third-order valence-electron chi connectivity index (χ3n) is 6.02. The lowest BCUT2D eigenvalue weighted by molar-refractivity contribution is 0.104. The lowest BCUT2D eigenvalue weighted by Crippen LogP contribution is -2.08. The standard InChI is InChI=1S/C25H20ClN5O2/c26-19-10-16(33-15-4-2-1-3-5-15)6-7-17(19)23(32)18-12-28-25-21(18)22-20(13-29-25)30-24(31-22)14-8-9-27-11-14/h1-7,10,12-14,27H,8-9,11H2,(H,28,29)(H,30,31). The number of nitrogens with zero attached hydrogens (tertiary/aromatic N) is 2. The quantitative estimate of drug-likeness (QED) is 0.315. The number of halogens is 1. The summed E-state index contributed by atoms with van der Waals surface area (Å²) in [7, 11) is 0. The molecule has 2 aromatic carbocycles. The van der Waals surface area contributed by atoms with Crippen LogP contribution in [0.3, 0.4) is 0 Å². The van der Waals surface area contributed by atoms with Crippen LogP contribution in [-0.2, 0) is 0 Å². The Morgan fingerprint density at radius 3 is 2.76 bits per heavy atom. The van der Waals surface area contributed by atoms with Gasteiger partial charge >= 0.3 is 0 Å². The molecule has 3 aromatic heterocycles. The molecule has 1 unspecified atom stereocenters. The van der Waals surface area contributed by atoms with Gasteiger partial charge in [0.05, 0.1) is 27.7 Å². The Balaban J connectivity index is 1.38. The summed E-state index contributed by atoms with van der Waals surface area (Å²) in [6.07, 6.45) is 4.46. The Bertz CT molecular complexity index is 1490. The van der Waals surface area contributed by atoms with E-state index in [0.29, 0.717) is 44.6 Å². The maximum Gasteiger partial charge on any atom is 0.196 e. The van der Waals surface area contributed by atoms with Crippen molar-refractivity contribution in [1.29, 1.82) is 0 Å². The van der Waals surface area contributed by atoms with E-state index < -0.39 is 0 Å². The SMILES string of the molecule is O=C(c1ccc(Oc2ccccc2)cc1Cl)c1c[nH]c2ncc3[nH]c(C4CCNC4)nc3c12. The molecule has 0 bridgehead atoms. The second-order valence-corrected chi connectivity index (χ2v) is 8.55. The van der Waals surface area contributed by atoms with Crippen molar-refractivity contribution in [2.75, 3.05) is 13.1 Å². The van der Waals surface area contributed by atoms with Gasteiger partial charge in [0.25, 0.3) is 0 Å². The second kappa shape index (κ2) is 8.03. The summed E-state index contributed by atoms with van der Waals surface area (Å²) in [5, 5.41) is 4.39. The van der Waals surface area contributed by atoms with Gasteiger partial charge in [-0.25, -0.2) is 9.97 Å². The largest absolute Gasteiger partial charge is 0.457 e. The highest BCUT2D eigenvalue weighted by Crippen LogP contribution is 2.32. The van der Waals surface area contributed by atoms with Crippen LogP contribution in [-0.4, -0.2) is 38.8 Å². The number of hydrogen-bond acceptors (Lipinski definition) is 5. The van der Waals surface area contributed by atoms with E-state index in [1.807, 2.05) is 30.3 Å². The number of hydrogen-bond donors (Lipinski definition) is 3. The van der Waals surface area contributed by atoms with Gasteiger partial charge in [0, 0.05) is 30.3 Å². The van der Waals surface area contributed by atoms with Crippen molar-refractivity contribution in [3.05, 3.63) is 82.9 Å². The second-order valence-electron chi connectivity index (χ2n) is 8.14. The first kappa shape index (κ1) is 20.0. The predicted molar refractivity (Wildman–Crippen MR) is 127 cm³/mol. The first-order chi connectivity index (χ1) is 16.2.